The lowest BCUT2D eigenvalue weighted by Crippen LogP contribution is -2.34. The van der Waals surface area contributed by atoms with Crippen LogP contribution in [0.3, 0.4) is 0 Å². The minimum atomic E-state index is 0.307. The van der Waals surface area contributed by atoms with E-state index in [1.165, 1.54) is 5.56 Å². The molecule has 0 unspecified atom stereocenters. The van der Waals surface area contributed by atoms with Gasteiger partial charge in [-0.2, -0.15) is 5.26 Å². The summed E-state index contributed by atoms with van der Waals surface area (Å²) >= 11 is 6.41. The number of nitrogens with zero attached hydrogens (tertiary/aromatic N) is 7. The molecule has 0 amide bonds. The number of anilines is 1. The first-order valence-electron chi connectivity index (χ1n) is 11.9. The number of piperidine rings is 1. The van der Waals surface area contributed by atoms with Crippen molar-refractivity contribution in [3.05, 3.63) is 64.3 Å². The summed E-state index contributed by atoms with van der Waals surface area (Å²) < 4.78 is 7.95. The van der Waals surface area contributed by atoms with Gasteiger partial charge >= 0.3 is 0 Å². The first-order chi connectivity index (χ1) is 16.7. The van der Waals surface area contributed by atoms with Crippen molar-refractivity contribution in [1.29, 1.82) is 5.26 Å². The molecule has 2 saturated heterocycles. The van der Waals surface area contributed by atoms with E-state index in [2.05, 4.69) is 42.7 Å². The monoisotopic (exact) mass is 475 g/mol. The van der Waals surface area contributed by atoms with Gasteiger partial charge in [-0.1, -0.05) is 17.7 Å². The van der Waals surface area contributed by atoms with Gasteiger partial charge in [-0.3, -0.25) is 9.47 Å². The second kappa shape index (κ2) is 8.99. The zero-order valence-corrected chi connectivity index (χ0v) is 19.7. The summed E-state index contributed by atoms with van der Waals surface area (Å²) in [6.45, 7) is 4.88. The molecule has 3 aliphatic rings. The van der Waals surface area contributed by atoms with Gasteiger partial charge in [-0.05, 0) is 55.2 Å². The highest BCUT2D eigenvalue weighted by atomic mass is 35.5. The van der Waals surface area contributed by atoms with E-state index in [1.807, 2.05) is 18.2 Å². The van der Waals surface area contributed by atoms with Crippen LogP contribution in [-0.2, 0) is 17.8 Å². The molecule has 2 aromatic heterocycles. The van der Waals surface area contributed by atoms with E-state index in [0.29, 0.717) is 17.7 Å². The van der Waals surface area contributed by atoms with Gasteiger partial charge in [0.05, 0.1) is 18.8 Å². The van der Waals surface area contributed by atoms with Crippen LogP contribution in [0.2, 0.25) is 5.02 Å². The van der Waals surface area contributed by atoms with Crippen LogP contribution >= 0.6 is 11.6 Å². The summed E-state index contributed by atoms with van der Waals surface area (Å²) in [5.74, 6) is 3.18. The number of hydrogen-bond donors (Lipinski definition) is 0. The molecule has 8 nitrogen and oxygen atoms in total. The van der Waals surface area contributed by atoms with E-state index in [9.17, 15) is 5.26 Å². The van der Waals surface area contributed by atoms with E-state index < -0.39 is 0 Å². The standard InChI is InChI=1S/C25H26ClN7O/c26-19-4-5-22-18(12-19)14-32(21-8-11-34-16-21)15-24-29-30-25(33(22)24)17-6-9-31(10-7-17)23-3-1-2-20(13-27)28-23/h1-5,12,17,21H,6-11,14-16H2/t21-/m0/s1. The van der Waals surface area contributed by atoms with Crippen molar-refractivity contribution >= 4 is 17.4 Å². The Morgan fingerprint density at radius 2 is 1.94 bits per heavy atom. The molecular weight excluding hydrogens is 450 g/mol. The first kappa shape index (κ1) is 21.5. The van der Waals surface area contributed by atoms with Gasteiger partial charge in [0.2, 0.25) is 0 Å². The lowest BCUT2D eigenvalue weighted by atomic mass is 9.95. The molecular formula is C25H26ClN7O. The molecule has 0 aliphatic carbocycles. The molecule has 1 aromatic carbocycles. The Morgan fingerprint density at radius 3 is 2.74 bits per heavy atom. The van der Waals surface area contributed by atoms with Crippen LogP contribution < -0.4 is 4.90 Å². The molecule has 1 atom stereocenters. The second-order valence-electron chi connectivity index (χ2n) is 9.26. The predicted octanol–water partition coefficient (Wildman–Crippen LogP) is 3.68. The third-order valence-electron chi connectivity index (χ3n) is 7.21. The quantitative estimate of drug-likeness (QED) is 0.571. The van der Waals surface area contributed by atoms with Crippen molar-refractivity contribution in [2.24, 2.45) is 0 Å². The van der Waals surface area contributed by atoms with Crippen LogP contribution in [0.5, 0.6) is 0 Å². The Hall–Kier alpha value is -2.99. The van der Waals surface area contributed by atoms with Gasteiger partial charge in [0, 0.05) is 43.2 Å². The van der Waals surface area contributed by atoms with Gasteiger partial charge in [0.15, 0.2) is 5.82 Å². The van der Waals surface area contributed by atoms with E-state index in [-0.39, 0.29) is 0 Å². The molecule has 2 fully saturated rings. The maximum atomic E-state index is 9.18. The Balaban J connectivity index is 1.29. The maximum Gasteiger partial charge on any atom is 0.151 e. The van der Waals surface area contributed by atoms with Gasteiger partial charge in [0.1, 0.15) is 23.4 Å². The summed E-state index contributed by atoms with van der Waals surface area (Å²) in [4.78, 5) is 9.18. The van der Waals surface area contributed by atoms with Crippen LogP contribution in [0.15, 0.2) is 36.4 Å². The summed E-state index contributed by atoms with van der Waals surface area (Å²) in [5, 5.41) is 19.3. The highest BCUT2D eigenvalue weighted by Gasteiger charge is 2.33. The fraction of sp³-hybridized carbons (Fsp3) is 0.440. The predicted molar refractivity (Wildman–Crippen MR) is 128 cm³/mol. The minimum absolute atomic E-state index is 0.307. The van der Waals surface area contributed by atoms with E-state index in [1.54, 1.807) is 6.07 Å². The lowest BCUT2D eigenvalue weighted by molar-refractivity contribution is 0.133. The fourth-order valence-corrected chi connectivity index (χ4v) is 5.61. The zero-order valence-electron chi connectivity index (χ0n) is 18.9. The number of pyridine rings is 1. The molecule has 0 N–H and O–H groups in total. The third kappa shape index (κ3) is 3.94. The summed E-state index contributed by atoms with van der Waals surface area (Å²) in [5.41, 5.74) is 2.79. The zero-order chi connectivity index (χ0) is 23.1. The first-order valence-corrected chi connectivity index (χ1v) is 12.2. The number of aromatic nitrogens is 4. The van der Waals surface area contributed by atoms with E-state index >= 15 is 0 Å². The number of rotatable bonds is 3. The van der Waals surface area contributed by atoms with Crippen molar-refractivity contribution in [1.82, 2.24) is 24.6 Å². The number of benzene rings is 1. The highest BCUT2D eigenvalue weighted by Crippen LogP contribution is 2.35. The van der Waals surface area contributed by atoms with Crippen LogP contribution in [0.25, 0.3) is 5.69 Å². The normalized spacial score (nSPS) is 21.1. The summed E-state index contributed by atoms with van der Waals surface area (Å²) in [6.07, 6.45) is 2.95. The van der Waals surface area contributed by atoms with Gasteiger partial charge in [-0.15, -0.1) is 10.2 Å². The molecule has 0 spiro atoms. The van der Waals surface area contributed by atoms with Crippen LogP contribution in [0.1, 0.15) is 48.1 Å². The van der Waals surface area contributed by atoms with Gasteiger partial charge in [-0.25, -0.2) is 4.98 Å². The molecule has 0 bridgehead atoms. The Morgan fingerprint density at radius 1 is 1.06 bits per heavy atom. The average molecular weight is 476 g/mol. The molecule has 174 valence electrons. The van der Waals surface area contributed by atoms with Gasteiger partial charge in [0.25, 0.3) is 0 Å². The van der Waals surface area contributed by atoms with Crippen molar-refractivity contribution in [3.63, 3.8) is 0 Å². The SMILES string of the molecule is N#Cc1cccc(N2CCC(c3nnc4n3-c3ccc(Cl)cc3CN([C@H]3CCOC3)C4)CC2)n1. The third-order valence-corrected chi connectivity index (χ3v) is 7.45. The van der Waals surface area contributed by atoms with Crippen LogP contribution in [0, 0.1) is 11.3 Å². The summed E-state index contributed by atoms with van der Waals surface area (Å²) in [7, 11) is 0. The minimum Gasteiger partial charge on any atom is -0.380 e. The van der Waals surface area contributed by atoms with E-state index in [4.69, 9.17) is 21.4 Å². The molecule has 0 saturated carbocycles. The second-order valence-corrected chi connectivity index (χ2v) is 9.70. The van der Waals surface area contributed by atoms with Crippen molar-refractivity contribution < 1.29 is 4.74 Å². The van der Waals surface area contributed by atoms with Crippen LogP contribution in [0.4, 0.5) is 5.82 Å². The largest absolute Gasteiger partial charge is 0.380 e. The van der Waals surface area contributed by atoms with Crippen LogP contribution in [-0.4, -0.2) is 57.0 Å². The molecule has 3 aliphatic heterocycles. The average Bonchev–Trinajstić information content (AvgIpc) is 3.52. The number of hydrogen-bond acceptors (Lipinski definition) is 7. The molecule has 6 rings (SSSR count). The smallest absolute Gasteiger partial charge is 0.151 e. The van der Waals surface area contributed by atoms with Crippen molar-refractivity contribution in [2.75, 3.05) is 31.2 Å². The Kier molecular flexibility index (Phi) is 5.69. The Bertz CT molecular complexity index is 1240. The molecule has 0 radical (unpaired) electrons. The summed E-state index contributed by atoms with van der Waals surface area (Å²) in [6, 6.07) is 14.3. The molecule has 5 heterocycles. The maximum absolute atomic E-state index is 9.18. The van der Waals surface area contributed by atoms with Crippen molar-refractivity contribution in [2.45, 2.75) is 44.3 Å². The number of nitriles is 1. The lowest BCUT2D eigenvalue weighted by Gasteiger charge is -2.32. The Labute approximate surface area is 203 Å². The molecule has 9 heteroatoms. The highest BCUT2D eigenvalue weighted by molar-refractivity contribution is 6.30. The fourth-order valence-electron chi connectivity index (χ4n) is 5.41. The number of ether oxygens (including phenoxy) is 1. The number of fused-ring (bicyclic) bond motifs is 3. The topological polar surface area (TPSA) is 83.1 Å². The molecule has 3 aromatic rings. The van der Waals surface area contributed by atoms with Crippen molar-refractivity contribution in [3.8, 4) is 11.8 Å². The van der Waals surface area contributed by atoms with E-state index in [0.717, 1.165) is 86.8 Å². The molecule has 34 heavy (non-hydrogen) atoms. The van der Waals surface area contributed by atoms with Gasteiger partial charge < -0.3 is 9.64 Å². The number of halogens is 1.